The minimum atomic E-state index is -3.43. The summed E-state index contributed by atoms with van der Waals surface area (Å²) in [6.45, 7) is 3.45. The zero-order valence-corrected chi connectivity index (χ0v) is 16.9. The lowest BCUT2D eigenvalue weighted by atomic mass is 9.93. The van der Waals surface area contributed by atoms with Gasteiger partial charge in [-0.15, -0.1) is 0 Å². The Kier molecular flexibility index (Phi) is 7.65. The molecule has 150 valence electrons. The van der Waals surface area contributed by atoms with Crippen LogP contribution < -0.4 is 0 Å². The van der Waals surface area contributed by atoms with Crippen LogP contribution in [0, 0.1) is 0 Å². The molecule has 3 N–H and O–H groups in total. The van der Waals surface area contributed by atoms with Crippen LogP contribution in [0.1, 0.15) is 51.5 Å². The lowest BCUT2D eigenvalue weighted by Crippen LogP contribution is -2.29. The van der Waals surface area contributed by atoms with E-state index in [1.807, 2.05) is 25.1 Å². The highest BCUT2D eigenvalue weighted by Gasteiger charge is 2.40. The Morgan fingerprint density at radius 3 is 2.56 bits per heavy atom. The third-order valence-corrected chi connectivity index (χ3v) is 7.14. The molecule has 2 atom stereocenters. The molecule has 0 bridgehead atoms. The number of sulfone groups is 1. The van der Waals surface area contributed by atoms with Crippen LogP contribution in [0.3, 0.4) is 0 Å². The Balaban J connectivity index is 2.18. The van der Waals surface area contributed by atoms with Crippen molar-refractivity contribution in [2.75, 3.05) is 12.4 Å². The Bertz CT molecular complexity index is 808. The molecule has 1 aromatic carbocycles. The van der Waals surface area contributed by atoms with Crippen molar-refractivity contribution in [2.24, 2.45) is 0 Å². The summed E-state index contributed by atoms with van der Waals surface area (Å²) in [5, 5.41) is 29.3. The molecule has 0 saturated carbocycles. The van der Waals surface area contributed by atoms with Crippen LogP contribution in [-0.2, 0) is 9.84 Å². The van der Waals surface area contributed by atoms with Crippen molar-refractivity contribution in [3.05, 3.63) is 46.5 Å². The molecule has 2 rings (SSSR count). The first-order valence-corrected chi connectivity index (χ1v) is 11.2. The molecule has 0 saturated heterocycles. The van der Waals surface area contributed by atoms with Gasteiger partial charge in [-0.1, -0.05) is 55.7 Å². The standard InChI is InChI=1S/C21H30O5S/c1-3-7-15(12-17-8-5-6-9-18(17)23)10-11-19(24)21-16(4-2)14-27(25,26)20(21)13-22/h5-6,8-9,12,19-20,22-24H,3-4,7,10-11,13-14H2,1-2H3/b15-12+/t19-,20+/m1/s1. The van der Waals surface area contributed by atoms with Gasteiger partial charge in [0.05, 0.1) is 18.5 Å². The van der Waals surface area contributed by atoms with Crippen LogP contribution in [0.25, 0.3) is 6.08 Å². The van der Waals surface area contributed by atoms with E-state index in [9.17, 15) is 23.7 Å². The van der Waals surface area contributed by atoms with Gasteiger partial charge in [0.25, 0.3) is 0 Å². The van der Waals surface area contributed by atoms with Crippen molar-refractivity contribution >= 4 is 15.9 Å². The van der Waals surface area contributed by atoms with E-state index in [1.165, 1.54) is 0 Å². The fourth-order valence-corrected chi connectivity index (χ4v) is 5.71. The number of rotatable bonds is 9. The predicted molar refractivity (Wildman–Crippen MR) is 108 cm³/mol. The highest BCUT2D eigenvalue weighted by atomic mass is 32.2. The smallest absolute Gasteiger partial charge is 0.163 e. The van der Waals surface area contributed by atoms with Gasteiger partial charge in [0, 0.05) is 5.56 Å². The van der Waals surface area contributed by atoms with E-state index in [1.54, 1.807) is 12.1 Å². The fourth-order valence-electron chi connectivity index (χ4n) is 3.71. The first kappa shape index (κ1) is 21.7. The molecule has 0 aliphatic carbocycles. The zero-order valence-electron chi connectivity index (χ0n) is 16.1. The Hall–Kier alpha value is -1.63. The number of allylic oxidation sites excluding steroid dienone is 1. The van der Waals surface area contributed by atoms with Crippen molar-refractivity contribution in [2.45, 2.75) is 57.3 Å². The van der Waals surface area contributed by atoms with Gasteiger partial charge in [-0.2, -0.15) is 0 Å². The summed E-state index contributed by atoms with van der Waals surface area (Å²) in [4.78, 5) is 0. The van der Waals surface area contributed by atoms with Gasteiger partial charge in [0.2, 0.25) is 0 Å². The molecule has 1 heterocycles. The molecule has 0 spiro atoms. The van der Waals surface area contributed by atoms with Gasteiger partial charge >= 0.3 is 0 Å². The number of benzene rings is 1. The molecule has 0 fully saturated rings. The summed E-state index contributed by atoms with van der Waals surface area (Å²) in [7, 11) is -3.43. The second kappa shape index (κ2) is 9.53. The average molecular weight is 395 g/mol. The van der Waals surface area contributed by atoms with E-state index in [0.29, 0.717) is 24.8 Å². The predicted octanol–water partition coefficient (Wildman–Crippen LogP) is 3.21. The molecule has 0 radical (unpaired) electrons. The monoisotopic (exact) mass is 394 g/mol. The first-order valence-electron chi connectivity index (χ1n) is 9.53. The van der Waals surface area contributed by atoms with Crippen molar-refractivity contribution < 1.29 is 23.7 Å². The van der Waals surface area contributed by atoms with E-state index in [4.69, 9.17) is 0 Å². The van der Waals surface area contributed by atoms with Crippen molar-refractivity contribution in [3.8, 4) is 5.75 Å². The topological polar surface area (TPSA) is 94.8 Å². The summed E-state index contributed by atoms with van der Waals surface area (Å²) in [6, 6.07) is 7.10. The Morgan fingerprint density at radius 1 is 1.26 bits per heavy atom. The SMILES string of the molecule is CCC/C(=C\c1ccccc1O)CC[C@@H](O)C1=C(CC)CS(=O)(=O)[C@H]1CO. The molecule has 1 aliphatic rings. The maximum atomic E-state index is 12.2. The van der Waals surface area contributed by atoms with Crippen molar-refractivity contribution in [1.29, 1.82) is 0 Å². The van der Waals surface area contributed by atoms with Crippen molar-refractivity contribution in [3.63, 3.8) is 0 Å². The minimum absolute atomic E-state index is 0.0728. The average Bonchev–Trinajstić information content (AvgIpc) is 2.91. The zero-order chi connectivity index (χ0) is 20.0. The molecule has 1 aromatic rings. The number of aliphatic hydroxyl groups excluding tert-OH is 2. The van der Waals surface area contributed by atoms with Crippen LogP contribution in [0.5, 0.6) is 5.75 Å². The van der Waals surface area contributed by atoms with Crippen LogP contribution in [-0.4, -0.2) is 47.5 Å². The third kappa shape index (κ3) is 5.21. The lowest BCUT2D eigenvalue weighted by molar-refractivity contribution is 0.188. The Labute approximate surface area is 162 Å². The second-order valence-electron chi connectivity index (χ2n) is 7.06. The number of para-hydroxylation sites is 1. The number of phenolic OH excluding ortho intramolecular Hbond substituents is 1. The quantitative estimate of drug-likeness (QED) is 0.559. The summed E-state index contributed by atoms with van der Waals surface area (Å²) < 4.78 is 24.5. The van der Waals surface area contributed by atoms with Gasteiger partial charge in [-0.25, -0.2) is 8.42 Å². The summed E-state index contributed by atoms with van der Waals surface area (Å²) in [6.07, 6.45) is 4.37. The summed E-state index contributed by atoms with van der Waals surface area (Å²) in [5.41, 5.74) is 3.04. The van der Waals surface area contributed by atoms with Crippen molar-refractivity contribution in [1.82, 2.24) is 0 Å². The normalized spacial score (nSPS) is 20.9. The van der Waals surface area contributed by atoms with E-state index in [0.717, 1.165) is 29.6 Å². The van der Waals surface area contributed by atoms with Gasteiger partial charge in [0.15, 0.2) is 9.84 Å². The molecule has 0 aromatic heterocycles. The summed E-state index contributed by atoms with van der Waals surface area (Å²) >= 11 is 0. The molecule has 0 amide bonds. The fraction of sp³-hybridized carbons (Fsp3) is 0.524. The Morgan fingerprint density at radius 2 is 1.96 bits per heavy atom. The van der Waals surface area contributed by atoms with Gasteiger partial charge in [0.1, 0.15) is 11.0 Å². The summed E-state index contributed by atoms with van der Waals surface area (Å²) in [5.74, 6) is 0.140. The number of phenols is 1. The van der Waals surface area contributed by atoms with E-state index < -0.39 is 27.8 Å². The van der Waals surface area contributed by atoms with Gasteiger partial charge in [-0.3, -0.25) is 0 Å². The molecular formula is C21H30O5S. The molecular weight excluding hydrogens is 364 g/mol. The second-order valence-corrected chi connectivity index (χ2v) is 9.24. The molecule has 6 heteroatoms. The molecule has 0 unspecified atom stereocenters. The lowest BCUT2D eigenvalue weighted by Gasteiger charge is -2.19. The number of hydrogen-bond donors (Lipinski definition) is 3. The number of hydrogen-bond acceptors (Lipinski definition) is 5. The van der Waals surface area contributed by atoms with Crippen LogP contribution in [0.2, 0.25) is 0 Å². The molecule has 1 aliphatic heterocycles. The number of aliphatic hydroxyl groups is 2. The maximum Gasteiger partial charge on any atom is 0.163 e. The highest BCUT2D eigenvalue weighted by molar-refractivity contribution is 7.92. The highest BCUT2D eigenvalue weighted by Crippen LogP contribution is 2.33. The largest absolute Gasteiger partial charge is 0.507 e. The van der Waals surface area contributed by atoms with Crippen LogP contribution >= 0.6 is 0 Å². The van der Waals surface area contributed by atoms with Gasteiger partial charge in [-0.05, 0) is 37.3 Å². The van der Waals surface area contributed by atoms with E-state index >= 15 is 0 Å². The maximum absolute atomic E-state index is 12.2. The number of aromatic hydroxyl groups is 1. The first-order chi connectivity index (χ1) is 12.8. The molecule has 5 nitrogen and oxygen atoms in total. The minimum Gasteiger partial charge on any atom is -0.507 e. The van der Waals surface area contributed by atoms with E-state index in [-0.39, 0.29) is 11.5 Å². The van der Waals surface area contributed by atoms with E-state index in [2.05, 4.69) is 6.92 Å². The molecule has 27 heavy (non-hydrogen) atoms. The van der Waals surface area contributed by atoms with Crippen LogP contribution in [0.15, 0.2) is 41.0 Å². The van der Waals surface area contributed by atoms with Gasteiger partial charge < -0.3 is 15.3 Å². The third-order valence-electron chi connectivity index (χ3n) is 5.12. The van der Waals surface area contributed by atoms with Crippen LogP contribution in [0.4, 0.5) is 0 Å².